The maximum Gasteiger partial charge on any atom is 0.217 e. The highest BCUT2D eigenvalue weighted by Crippen LogP contribution is 2.35. The van der Waals surface area contributed by atoms with Gasteiger partial charge in [0.05, 0.1) is 4.90 Å². The molecular formula is C24H22FNO3S. The Morgan fingerprint density at radius 3 is 1.97 bits per heavy atom. The Morgan fingerprint density at radius 2 is 1.43 bits per heavy atom. The summed E-state index contributed by atoms with van der Waals surface area (Å²) in [6.45, 7) is 1.50. The molecule has 0 aromatic heterocycles. The SMILES string of the molecule is CC(F)[C@H]1N=C(c2ccccc2)O[C@@H]1c1ccc(-c2ccc(S(C)(=O)=O)cc2)cc1. The number of alkyl halides is 1. The van der Waals surface area contributed by atoms with E-state index in [4.69, 9.17) is 4.74 Å². The van der Waals surface area contributed by atoms with Crippen LogP contribution in [0.1, 0.15) is 24.2 Å². The van der Waals surface area contributed by atoms with Gasteiger partial charge in [-0.15, -0.1) is 0 Å². The monoisotopic (exact) mass is 423 g/mol. The van der Waals surface area contributed by atoms with Crippen LogP contribution in [-0.2, 0) is 14.6 Å². The number of ether oxygens (including phenoxy) is 1. The molecule has 0 radical (unpaired) electrons. The molecule has 1 unspecified atom stereocenters. The van der Waals surface area contributed by atoms with Crippen LogP contribution in [0.25, 0.3) is 11.1 Å². The second-order valence-corrected chi connectivity index (χ2v) is 9.44. The number of nitrogens with zero attached hydrogens (tertiary/aromatic N) is 1. The van der Waals surface area contributed by atoms with Crippen molar-refractivity contribution in [3.63, 3.8) is 0 Å². The van der Waals surface area contributed by atoms with Crippen molar-refractivity contribution in [1.82, 2.24) is 0 Å². The van der Waals surface area contributed by atoms with Gasteiger partial charge in [0.15, 0.2) is 15.9 Å². The average molecular weight is 424 g/mol. The number of benzene rings is 3. The second-order valence-electron chi connectivity index (χ2n) is 7.43. The molecule has 0 saturated carbocycles. The van der Waals surface area contributed by atoms with E-state index in [2.05, 4.69) is 4.99 Å². The largest absolute Gasteiger partial charge is 0.467 e. The molecule has 1 heterocycles. The van der Waals surface area contributed by atoms with Crippen molar-refractivity contribution in [2.24, 2.45) is 4.99 Å². The molecule has 4 nitrogen and oxygen atoms in total. The normalized spacial score (nSPS) is 19.8. The fourth-order valence-corrected chi connectivity index (χ4v) is 4.15. The summed E-state index contributed by atoms with van der Waals surface area (Å²) in [7, 11) is -3.23. The van der Waals surface area contributed by atoms with Crippen LogP contribution < -0.4 is 0 Å². The van der Waals surface area contributed by atoms with Crippen LogP contribution in [-0.4, -0.2) is 32.8 Å². The first-order valence-electron chi connectivity index (χ1n) is 9.67. The van der Waals surface area contributed by atoms with Gasteiger partial charge in [0.25, 0.3) is 0 Å². The summed E-state index contributed by atoms with van der Waals surface area (Å²) in [5, 5.41) is 0. The van der Waals surface area contributed by atoms with Crippen molar-refractivity contribution < 1.29 is 17.5 Å². The Bertz CT molecular complexity index is 1160. The van der Waals surface area contributed by atoms with Gasteiger partial charge in [-0.05, 0) is 47.9 Å². The third-order valence-corrected chi connectivity index (χ3v) is 6.29. The summed E-state index contributed by atoms with van der Waals surface area (Å²) >= 11 is 0. The van der Waals surface area contributed by atoms with Crippen molar-refractivity contribution in [3.05, 3.63) is 90.0 Å². The highest BCUT2D eigenvalue weighted by molar-refractivity contribution is 7.90. The van der Waals surface area contributed by atoms with Gasteiger partial charge in [0, 0.05) is 11.8 Å². The average Bonchev–Trinajstić information content (AvgIpc) is 3.20. The van der Waals surface area contributed by atoms with Crippen LogP contribution in [0.3, 0.4) is 0 Å². The molecule has 3 aromatic rings. The molecule has 3 atom stereocenters. The molecule has 30 heavy (non-hydrogen) atoms. The number of hydrogen-bond acceptors (Lipinski definition) is 4. The van der Waals surface area contributed by atoms with Crippen LogP contribution in [0, 0.1) is 0 Å². The van der Waals surface area contributed by atoms with Crippen LogP contribution >= 0.6 is 0 Å². The first-order chi connectivity index (χ1) is 14.3. The van der Waals surface area contributed by atoms with Gasteiger partial charge < -0.3 is 4.74 Å². The van der Waals surface area contributed by atoms with E-state index < -0.39 is 28.2 Å². The summed E-state index contributed by atoms with van der Waals surface area (Å²) < 4.78 is 43.6. The lowest BCUT2D eigenvalue weighted by Gasteiger charge is -2.19. The van der Waals surface area contributed by atoms with E-state index in [-0.39, 0.29) is 4.90 Å². The molecule has 0 spiro atoms. The van der Waals surface area contributed by atoms with Crippen LogP contribution in [0.4, 0.5) is 4.39 Å². The Hall–Kier alpha value is -2.99. The summed E-state index contributed by atoms with van der Waals surface area (Å²) in [5.74, 6) is 0.454. The van der Waals surface area contributed by atoms with Crippen molar-refractivity contribution in [1.29, 1.82) is 0 Å². The zero-order chi connectivity index (χ0) is 21.3. The Labute approximate surface area is 176 Å². The van der Waals surface area contributed by atoms with E-state index in [1.807, 2.05) is 54.6 Å². The van der Waals surface area contributed by atoms with Crippen molar-refractivity contribution in [2.75, 3.05) is 6.26 Å². The fraction of sp³-hybridized carbons (Fsp3) is 0.208. The highest BCUT2D eigenvalue weighted by Gasteiger charge is 2.36. The quantitative estimate of drug-likeness (QED) is 0.580. The lowest BCUT2D eigenvalue weighted by Crippen LogP contribution is -2.22. The molecule has 0 saturated heterocycles. The lowest BCUT2D eigenvalue weighted by atomic mass is 9.97. The van der Waals surface area contributed by atoms with Crippen molar-refractivity contribution in [2.45, 2.75) is 30.1 Å². The predicted octanol–water partition coefficient (Wildman–Crippen LogP) is 5.00. The fourth-order valence-electron chi connectivity index (χ4n) is 3.52. The minimum absolute atomic E-state index is 0.285. The predicted molar refractivity (Wildman–Crippen MR) is 116 cm³/mol. The van der Waals surface area contributed by atoms with E-state index in [1.165, 1.54) is 13.2 Å². The summed E-state index contributed by atoms with van der Waals surface area (Å²) in [5.41, 5.74) is 3.51. The van der Waals surface area contributed by atoms with E-state index in [0.717, 1.165) is 22.3 Å². The molecule has 6 heteroatoms. The smallest absolute Gasteiger partial charge is 0.217 e. The molecule has 0 aliphatic carbocycles. The third kappa shape index (κ3) is 4.14. The number of aliphatic imine (C=N–C) groups is 1. The van der Waals surface area contributed by atoms with Crippen LogP contribution in [0.5, 0.6) is 0 Å². The number of sulfone groups is 1. The zero-order valence-electron chi connectivity index (χ0n) is 16.7. The third-order valence-electron chi connectivity index (χ3n) is 5.16. The first-order valence-corrected chi connectivity index (χ1v) is 11.6. The van der Waals surface area contributed by atoms with Crippen molar-refractivity contribution in [3.8, 4) is 11.1 Å². The maximum atomic E-state index is 14.3. The van der Waals surface area contributed by atoms with Gasteiger partial charge in [0.2, 0.25) is 5.90 Å². The van der Waals surface area contributed by atoms with Crippen molar-refractivity contribution >= 4 is 15.7 Å². The molecule has 1 aliphatic rings. The maximum absolute atomic E-state index is 14.3. The molecule has 3 aromatic carbocycles. The lowest BCUT2D eigenvalue weighted by molar-refractivity contribution is 0.151. The van der Waals surface area contributed by atoms with Gasteiger partial charge in [-0.25, -0.2) is 17.8 Å². The van der Waals surface area contributed by atoms with Crippen LogP contribution in [0.2, 0.25) is 0 Å². The number of halogens is 1. The Kier molecular flexibility index (Phi) is 5.43. The van der Waals surface area contributed by atoms with E-state index in [0.29, 0.717) is 5.90 Å². The minimum atomic E-state index is -3.23. The first kappa shape index (κ1) is 20.3. The van der Waals surface area contributed by atoms with Gasteiger partial charge in [0.1, 0.15) is 12.2 Å². The molecular weight excluding hydrogens is 401 g/mol. The number of rotatable bonds is 5. The van der Waals surface area contributed by atoms with E-state index >= 15 is 0 Å². The second kappa shape index (κ2) is 8.03. The summed E-state index contributed by atoms with van der Waals surface area (Å²) in [4.78, 5) is 4.78. The standard InChI is InChI=1S/C24H22FNO3S/c1-16(25)22-23(29-24(26-22)20-6-4-3-5-7-20)19-10-8-17(9-11-19)18-12-14-21(15-13-18)30(2,27)28/h3-16,22-23H,1-2H3/t16?,22-,23-/m1/s1. The van der Waals surface area contributed by atoms with Crippen LogP contribution in [0.15, 0.2) is 88.8 Å². The topological polar surface area (TPSA) is 55.7 Å². The van der Waals surface area contributed by atoms with Gasteiger partial charge >= 0.3 is 0 Å². The molecule has 0 N–H and O–H groups in total. The molecule has 0 bridgehead atoms. The zero-order valence-corrected chi connectivity index (χ0v) is 17.5. The summed E-state index contributed by atoms with van der Waals surface area (Å²) in [6, 6.07) is 23.3. The van der Waals surface area contributed by atoms with E-state index in [1.54, 1.807) is 24.3 Å². The van der Waals surface area contributed by atoms with Gasteiger partial charge in [-0.1, -0.05) is 54.6 Å². The summed E-state index contributed by atoms with van der Waals surface area (Å²) in [6.07, 6.45) is -0.465. The minimum Gasteiger partial charge on any atom is -0.467 e. The Morgan fingerprint density at radius 1 is 0.867 bits per heavy atom. The molecule has 0 fully saturated rings. The molecule has 154 valence electrons. The van der Waals surface area contributed by atoms with Gasteiger partial charge in [-0.2, -0.15) is 0 Å². The van der Waals surface area contributed by atoms with E-state index in [9.17, 15) is 12.8 Å². The molecule has 4 rings (SSSR count). The molecule has 0 amide bonds. The molecule has 1 aliphatic heterocycles. The number of hydrogen-bond donors (Lipinski definition) is 0. The highest BCUT2D eigenvalue weighted by atomic mass is 32.2. The Balaban J connectivity index is 1.58. The van der Waals surface area contributed by atoms with Gasteiger partial charge in [-0.3, -0.25) is 0 Å².